The summed E-state index contributed by atoms with van der Waals surface area (Å²) >= 11 is 4.88. The fraction of sp³-hybridized carbons (Fsp3) is 0.909. The van der Waals surface area contributed by atoms with Crippen molar-refractivity contribution in [1.82, 2.24) is 4.90 Å². The van der Waals surface area contributed by atoms with Crippen molar-refractivity contribution in [3.8, 4) is 0 Å². The molecule has 3 nitrogen and oxygen atoms in total. The number of rotatable bonds is 6. The van der Waals surface area contributed by atoms with E-state index in [1.54, 1.807) is 0 Å². The van der Waals surface area contributed by atoms with Gasteiger partial charge in [0.2, 0.25) is 0 Å². The van der Waals surface area contributed by atoms with Gasteiger partial charge in [0.1, 0.15) is 0 Å². The van der Waals surface area contributed by atoms with Gasteiger partial charge in [-0.3, -0.25) is 0 Å². The lowest BCUT2D eigenvalue weighted by Crippen LogP contribution is -2.41. The second kappa shape index (κ2) is 7.14. The zero-order valence-corrected chi connectivity index (χ0v) is 10.4. The first-order chi connectivity index (χ1) is 7.22. The summed E-state index contributed by atoms with van der Waals surface area (Å²) < 4.78 is 5.76. The summed E-state index contributed by atoms with van der Waals surface area (Å²) in [4.78, 5) is 3.02. The quantitative estimate of drug-likeness (QED) is 0.703. The van der Waals surface area contributed by atoms with Gasteiger partial charge in [-0.25, -0.2) is 0 Å². The Labute approximate surface area is 98.0 Å². The molecule has 1 aliphatic heterocycles. The maximum Gasteiger partial charge on any atom is 0.0740 e. The Morgan fingerprint density at radius 3 is 3.07 bits per heavy atom. The number of hydrogen-bond acceptors (Lipinski definition) is 3. The van der Waals surface area contributed by atoms with Crippen molar-refractivity contribution >= 4 is 17.2 Å². The Hall–Kier alpha value is -0.190. The van der Waals surface area contributed by atoms with E-state index in [4.69, 9.17) is 22.7 Å². The second-order valence-corrected chi connectivity index (χ2v) is 4.68. The molecule has 0 amide bonds. The van der Waals surface area contributed by atoms with Crippen molar-refractivity contribution < 1.29 is 4.74 Å². The Morgan fingerprint density at radius 1 is 1.60 bits per heavy atom. The number of ether oxygens (including phenoxy) is 1. The smallest absolute Gasteiger partial charge is 0.0740 e. The highest BCUT2D eigenvalue weighted by Crippen LogP contribution is 2.13. The van der Waals surface area contributed by atoms with E-state index in [-0.39, 0.29) is 0 Å². The minimum Gasteiger partial charge on any atom is -0.393 e. The monoisotopic (exact) mass is 230 g/mol. The van der Waals surface area contributed by atoms with Crippen LogP contribution in [-0.4, -0.2) is 42.2 Å². The number of hydrogen-bond donors (Lipinski definition) is 1. The molecule has 0 spiro atoms. The van der Waals surface area contributed by atoms with Crippen LogP contribution in [0.25, 0.3) is 0 Å². The van der Waals surface area contributed by atoms with Crippen LogP contribution in [0.15, 0.2) is 0 Å². The molecule has 1 fully saturated rings. The van der Waals surface area contributed by atoms with Gasteiger partial charge in [0.25, 0.3) is 0 Å². The molecule has 1 saturated heterocycles. The van der Waals surface area contributed by atoms with Gasteiger partial charge in [-0.15, -0.1) is 0 Å². The van der Waals surface area contributed by atoms with Crippen LogP contribution in [0.2, 0.25) is 0 Å². The van der Waals surface area contributed by atoms with Crippen molar-refractivity contribution in [2.45, 2.75) is 38.7 Å². The molecule has 88 valence electrons. The van der Waals surface area contributed by atoms with Crippen molar-refractivity contribution in [1.29, 1.82) is 0 Å². The molecule has 1 heterocycles. The molecule has 4 heteroatoms. The Morgan fingerprint density at radius 2 is 2.40 bits per heavy atom. The average molecular weight is 230 g/mol. The lowest BCUT2D eigenvalue weighted by atomic mass is 10.1. The molecule has 0 saturated carbocycles. The summed E-state index contributed by atoms with van der Waals surface area (Å²) in [6.07, 6.45) is 4.78. The predicted molar refractivity (Wildman–Crippen MR) is 67.1 cm³/mol. The summed E-state index contributed by atoms with van der Waals surface area (Å²) in [5.74, 6) is 0. The molecule has 0 radical (unpaired) electrons. The van der Waals surface area contributed by atoms with Crippen LogP contribution in [0.5, 0.6) is 0 Å². The third kappa shape index (κ3) is 5.44. The summed E-state index contributed by atoms with van der Waals surface area (Å²) in [7, 11) is 0. The molecule has 1 unspecified atom stereocenters. The molecule has 0 aliphatic carbocycles. The van der Waals surface area contributed by atoms with Gasteiger partial charge in [0.15, 0.2) is 0 Å². The molecule has 2 N–H and O–H groups in total. The minimum absolute atomic E-state index is 0.421. The zero-order chi connectivity index (χ0) is 11.1. The van der Waals surface area contributed by atoms with Crippen LogP contribution in [0, 0.1) is 0 Å². The second-order valence-electron chi connectivity index (χ2n) is 4.15. The van der Waals surface area contributed by atoms with E-state index in [2.05, 4.69) is 11.8 Å². The Balaban J connectivity index is 2.19. The molecule has 0 aromatic carbocycles. The molecule has 1 rings (SSSR count). The topological polar surface area (TPSA) is 38.5 Å². The first-order valence-electron chi connectivity index (χ1n) is 5.84. The lowest BCUT2D eigenvalue weighted by molar-refractivity contribution is 0.000754. The number of nitrogens with zero attached hydrogens (tertiary/aromatic N) is 1. The molecule has 1 aliphatic rings. The van der Waals surface area contributed by atoms with Gasteiger partial charge in [0.05, 0.1) is 11.1 Å². The summed E-state index contributed by atoms with van der Waals surface area (Å²) in [5.41, 5.74) is 5.50. The first-order valence-corrected chi connectivity index (χ1v) is 6.25. The molecular weight excluding hydrogens is 208 g/mol. The van der Waals surface area contributed by atoms with E-state index in [0.717, 1.165) is 39.1 Å². The number of nitrogens with two attached hydrogens (primary N) is 1. The van der Waals surface area contributed by atoms with Gasteiger partial charge in [-0.1, -0.05) is 19.1 Å². The molecule has 0 aromatic rings. The number of piperidine rings is 1. The van der Waals surface area contributed by atoms with E-state index in [9.17, 15) is 0 Å². The highest BCUT2D eigenvalue weighted by Gasteiger charge is 2.19. The molecular formula is C11H22N2OS. The maximum atomic E-state index is 5.76. The average Bonchev–Trinajstić information content (AvgIpc) is 2.24. The van der Waals surface area contributed by atoms with Gasteiger partial charge in [0, 0.05) is 26.1 Å². The highest BCUT2D eigenvalue weighted by molar-refractivity contribution is 7.80. The van der Waals surface area contributed by atoms with E-state index >= 15 is 0 Å². The van der Waals surface area contributed by atoms with E-state index in [0.29, 0.717) is 11.1 Å². The maximum absolute atomic E-state index is 5.76. The normalized spacial score (nSPS) is 22.9. The first kappa shape index (κ1) is 12.9. The fourth-order valence-electron chi connectivity index (χ4n) is 1.91. The summed E-state index contributed by atoms with van der Waals surface area (Å²) in [6.45, 7) is 6.22. The molecule has 15 heavy (non-hydrogen) atoms. The van der Waals surface area contributed by atoms with Crippen LogP contribution in [-0.2, 0) is 4.74 Å². The molecule has 1 atom stereocenters. The Bertz CT molecular complexity index is 199. The van der Waals surface area contributed by atoms with Crippen molar-refractivity contribution in [2.75, 3.05) is 26.2 Å². The van der Waals surface area contributed by atoms with Crippen LogP contribution < -0.4 is 5.73 Å². The molecule has 0 aromatic heterocycles. The van der Waals surface area contributed by atoms with Crippen LogP contribution in [0.1, 0.15) is 32.6 Å². The van der Waals surface area contributed by atoms with Gasteiger partial charge < -0.3 is 15.4 Å². The van der Waals surface area contributed by atoms with Crippen LogP contribution in [0.4, 0.5) is 0 Å². The van der Waals surface area contributed by atoms with Crippen LogP contribution >= 0.6 is 12.2 Å². The predicted octanol–water partition coefficient (Wildman–Crippen LogP) is 1.55. The highest BCUT2D eigenvalue weighted by atomic mass is 32.1. The summed E-state index contributed by atoms with van der Waals surface area (Å²) in [5, 5.41) is 0. The fourth-order valence-corrected chi connectivity index (χ4v) is 2.00. The van der Waals surface area contributed by atoms with Gasteiger partial charge >= 0.3 is 0 Å². The summed E-state index contributed by atoms with van der Waals surface area (Å²) in [6, 6.07) is 0. The third-order valence-electron chi connectivity index (χ3n) is 2.69. The largest absolute Gasteiger partial charge is 0.393 e. The minimum atomic E-state index is 0.421. The SMILES string of the molecule is CCCOC1CCCN(CCC(N)=S)C1. The Kier molecular flexibility index (Phi) is 6.13. The van der Waals surface area contributed by atoms with Crippen molar-refractivity contribution in [3.63, 3.8) is 0 Å². The standard InChI is InChI=1S/C11H22N2OS/c1-2-8-14-10-4-3-6-13(9-10)7-5-11(12)15/h10H,2-9H2,1H3,(H2,12,15). The van der Waals surface area contributed by atoms with E-state index < -0.39 is 0 Å². The van der Waals surface area contributed by atoms with Crippen molar-refractivity contribution in [2.24, 2.45) is 5.73 Å². The third-order valence-corrected chi connectivity index (χ3v) is 2.90. The lowest BCUT2D eigenvalue weighted by Gasteiger charge is -2.32. The van der Waals surface area contributed by atoms with Crippen molar-refractivity contribution in [3.05, 3.63) is 0 Å². The van der Waals surface area contributed by atoms with E-state index in [1.165, 1.54) is 12.8 Å². The van der Waals surface area contributed by atoms with Crippen LogP contribution in [0.3, 0.4) is 0 Å². The number of thiocarbonyl (C=S) groups is 1. The van der Waals surface area contributed by atoms with Gasteiger partial charge in [-0.2, -0.15) is 0 Å². The van der Waals surface area contributed by atoms with E-state index in [1.807, 2.05) is 0 Å². The zero-order valence-electron chi connectivity index (χ0n) is 9.58. The van der Waals surface area contributed by atoms with Gasteiger partial charge in [-0.05, 0) is 25.8 Å². The number of likely N-dealkylation sites (tertiary alicyclic amines) is 1. The molecule has 0 bridgehead atoms.